The van der Waals surface area contributed by atoms with Crippen LogP contribution in [0.2, 0.25) is 0 Å². The summed E-state index contributed by atoms with van der Waals surface area (Å²) in [5.74, 6) is 0.638. The minimum absolute atomic E-state index is 0.291. The molecule has 2 aromatic heterocycles. The van der Waals surface area contributed by atoms with E-state index in [1.54, 1.807) is 0 Å². The lowest BCUT2D eigenvalue weighted by Gasteiger charge is -1.95. The van der Waals surface area contributed by atoms with Gasteiger partial charge in [-0.05, 0) is 0 Å². The molecular weight excluding hydrogens is 158 g/mol. The molecule has 0 aliphatic carbocycles. The van der Waals surface area contributed by atoms with Crippen LogP contribution in [0.4, 0.5) is 5.82 Å². The van der Waals surface area contributed by atoms with E-state index in [0.29, 0.717) is 17.3 Å². The van der Waals surface area contributed by atoms with Crippen molar-refractivity contribution in [2.24, 2.45) is 0 Å². The van der Waals surface area contributed by atoms with Gasteiger partial charge in [0, 0.05) is 12.4 Å². The smallest absolute Gasteiger partial charge is 0.224 e. The molecule has 0 aromatic carbocycles. The quantitative estimate of drug-likeness (QED) is 0.641. The van der Waals surface area contributed by atoms with Crippen molar-refractivity contribution in [3.05, 3.63) is 18.8 Å². The number of nitrogens with zero attached hydrogens (tertiary/aromatic N) is 4. The maximum Gasteiger partial charge on any atom is 0.224 e. The number of hydrogen-bond donors (Lipinski definition) is 1. The predicted octanol–water partition coefficient (Wildman–Crippen LogP) is 0.109. The van der Waals surface area contributed by atoms with Gasteiger partial charge in [0.2, 0.25) is 12.2 Å². The Labute approximate surface area is 67.5 Å². The van der Waals surface area contributed by atoms with E-state index in [2.05, 4.69) is 24.6 Å². The van der Waals surface area contributed by atoms with E-state index < -0.39 is 0 Å². The van der Waals surface area contributed by atoms with E-state index in [9.17, 15) is 0 Å². The molecule has 12 heavy (non-hydrogen) atoms. The Morgan fingerprint density at radius 1 is 1.17 bits per heavy atom. The summed E-state index contributed by atoms with van der Waals surface area (Å²) in [7, 11) is 0. The molecule has 0 unspecified atom stereocenters. The fourth-order valence-electron chi connectivity index (χ4n) is 0.796. The van der Waals surface area contributed by atoms with Crippen molar-refractivity contribution in [3.8, 4) is 11.5 Å². The predicted molar refractivity (Wildman–Crippen MR) is 39.7 cm³/mol. The summed E-state index contributed by atoms with van der Waals surface area (Å²) >= 11 is 0. The molecule has 0 radical (unpaired) electrons. The first-order valence-corrected chi connectivity index (χ1v) is 3.21. The number of hydrogen-bond acceptors (Lipinski definition) is 6. The maximum absolute atomic E-state index is 5.52. The molecule has 60 valence electrons. The van der Waals surface area contributed by atoms with Crippen molar-refractivity contribution in [2.75, 3.05) is 5.73 Å². The van der Waals surface area contributed by atoms with Gasteiger partial charge < -0.3 is 10.3 Å². The first-order valence-electron chi connectivity index (χ1n) is 3.21. The summed E-state index contributed by atoms with van der Waals surface area (Å²) < 4.78 is 4.54. The Bertz CT molecular complexity index is 371. The molecule has 0 atom stereocenters. The van der Waals surface area contributed by atoms with E-state index in [0.717, 1.165) is 0 Å². The molecule has 0 aliphatic rings. The monoisotopic (exact) mass is 163 g/mol. The van der Waals surface area contributed by atoms with Crippen molar-refractivity contribution in [2.45, 2.75) is 0 Å². The van der Waals surface area contributed by atoms with Crippen molar-refractivity contribution in [1.82, 2.24) is 20.1 Å². The Morgan fingerprint density at radius 2 is 2.00 bits per heavy atom. The van der Waals surface area contributed by atoms with E-state index in [4.69, 9.17) is 5.73 Å². The Balaban J connectivity index is 2.55. The zero-order valence-electron chi connectivity index (χ0n) is 6.01. The highest BCUT2D eigenvalue weighted by atomic mass is 16.5. The number of nitrogens with two attached hydrogens (primary N) is 1. The summed E-state index contributed by atoms with van der Waals surface area (Å²) in [6, 6.07) is 0. The van der Waals surface area contributed by atoms with Crippen LogP contribution in [0, 0.1) is 0 Å². The second kappa shape index (κ2) is 2.57. The largest absolute Gasteiger partial charge is 0.382 e. The van der Waals surface area contributed by atoms with Gasteiger partial charge in [0.1, 0.15) is 0 Å². The van der Waals surface area contributed by atoms with E-state index >= 15 is 0 Å². The van der Waals surface area contributed by atoms with Crippen molar-refractivity contribution >= 4 is 5.82 Å². The Kier molecular flexibility index (Phi) is 1.44. The summed E-state index contributed by atoms with van der Waals surface area (Å²) in [5.41, 5.74) is 5.95. The second-order valence-electron chi connectivity index (χ2n) is 2.05. The average molecular weight is 163 g/mol. The molecule has 6 heteroatoms. The van der Waals surface area contributed by atoms with Gasteiger partial charge in [-0.2, -0.15) is 4.98 Å². The van der Waals surface area contributed by atoms with E-state index in [1.165, 1.54) is 18.8 Å². The number of aromatic nitrogens is 4. The van der Waals surface area contributed by atoms with Gasteiger partial charge in [0.25, 0.3) is 0 Å². The van der Waals surface area contributed by atoms with Gasteiger partial charge in [-0.1, -0.05) is 5.16 Å². The highest BCUT2D eigenvalue weighted by molar-refractivity contribution is 5.61. The van der Waals surface area contributed by atoms with Crippen LogP contribution < -0.4 is 5.73 Å². The molecule has 6 nitrogen and oxygen atoms in total. The van der Waals surface area contributed by atoms with Crippen molar-refractivity contribution in [3.63, 3.8) is 0 Å². The van der Waals surface area contributed by atoms with Crippen LogP contribution in [0.25, 0.3) is 11.5 Å². The molecule has 0 saturated carbocycles. The van der Waals surface area contributed by atoms with Gasteiger partial charge in [-0.15, -0.1) is 0 Å². The van der Waals surface area contributed by atoms with Crippen molar-refractivity contribution < 1.29 is 4.52 Å². The Hall–Kier alpha value is -1.98. The number of rotatable bonds is 1. The third kappa shape index (κ3) is 0.986. The van der Waals surface area contributed by atoms with Crippen LogP contribution in [0.1, 0.15) is 0 Å². The Morgan fingerprint density at radius 3 is 2.67 bits per heavy atom. The highest BCUT2D eigenvalue weighted by Crippen LogP contribution is 2.15. The standard InChI is InChI=1S/C6H5N5O/c7-5-4(8-1-2-9-5)6-10-3-12-11-6/h1-3H,(H2,7,9). The molecule has 0 bridgehead atoms. The molecule has 0 spiro atoms. The summed E-state index contributed by atoms with van der Waals surface area (Å²) in [5, 5.41) is 3.58. The van der Waals surface area contributed by atoms with Crippen LogP contribution in [0.3, 0.4) is 0 Å². The summed E-state index contributed by atoms with van der Waals surface area (Å²) in [6.07, 6.45) is 4.23. The van der Waals surface area contributed by atoms with Gasteiger partial charge in [0.15, 0.2) is 11.5 Å². The third-order valence-electron chi connectivity index (χ3n) is 1.30. The normalized spacial score (nSPS) is 10.0. The number of nitrogen functional groups attached to an aromatic ring is 1. The molecule has 2 rings (SSSR count). The highest BCUT2D eigenvalue weighted by Gasteiger charge is 2.08. The molecule has 0 fully saturated rings. The van der Waals surface area contributed by atoms with Crippen LogP contribution in [-0.4, -0.2) is 20.1 Å². The second-order valence-corrected chi connectivity index (χ2v) is 2.05. The first kappa shape index (κ1) is 6.71. The molecule has 0 amide bonds. The van der Waals surface area contributed by atoms with E-state index in [-0.39, 0.29) is 0 Å². The first-order chi connectivity index (χ1) is 5.88. The van der Waals surface area contributed by atoms with Crippen molar-refractivity contribution in [1.29, 1.82) is 0 Å². The third-order valence-corrected chi connectivity index (χ3v) is 1.30. The molecule has 2 heterocycles. The maximum atomic E-state index is 5.52. The minimum atomic E-state index is 0.291. The fraction of sp³-hybridized carbons (Fsp3) is 0. The van der Waals surface area contributed by atoms with Gasteiger partial charge in [0.05, 0.1) is 0 Å². The summed E-state index contributed by atoms with van der Waals surface area (Å²) in [4.78, 5) is 11.6. The fourth-order valence-corrected chi connectivity index (χ4v) is 0.796. The topological polar surface area (TPSA) is 90.7 Å². The van der Waals surface area contributed by atoms with Crippen LogP contribution in [0.5, 0.6) is 0 Å². The SMILES string of the molecule is Nc1nccnc1-c1ncon1. The minimum Gasteiger partial charge on any atom is -0.382 e. The zero-order chi connectivity index (χ0) is 8.39. The summed E-state index contributed by atoms with van der Waals surface area (Å²) in [6.45, 7) is 0. The van der Waals surface area contributed by atoms with Crippen LogP contribution in [0.15, 0.2) is 23.3 Å². The lowest BCUT2D eigenvalue weighted by Crippen LogP contribution is -1.96. The van der Waals surface area contributed by atoms with Gasteiger partial charge in [-0.25, -0.2) is 9.97 Å². The molecule has 2 aromatic rings. The molecule has 0 aliphatic heterocycles. The van der Waals surface area contributed by atoms with Gasteiger partial charge >= 0.3 is 0 Å². The molecule has 2 N–H and O–H groups in total. The molecular formula is C6H5N5O. The van der Waals surface area contributed by atoms with Crippen LogP contribution in [-0.2, 0) is 0 Å². The van der Waals surface area contributed by atoms with Gasteiger partial charge in [-0.3, -0.25) is 0 Å². The average Bonchev–Trinajstić information content (AvgIpc) is 2.57. The molecule has 0 saturated heterocycles. The lowest BCUT2D eigenvalue weighted by molar-refractivity contribution is 0.418. The van der Waals surface area contributed by atoms with E-state index in [1.807, 2.05) is 0 Å². The lowest BCUT2D eigenvalue weighted by atomic mass is 10.4. The zero-order valence-corrected chi connectivity index (χ0v) is 6.01. The number of anilines is 1. The van der Waals surface area contributed by atoms with Crippen LogP contribution >= 0.6 is 0 Å².